The van der Waals surface area contributed by atoms with Crippen molar-refractivity contribution in [3.05, 3.63) is 47.7 Å². The first-order valence-corrected chi connectivity index (χ1v) is 15.3. The van der Waals surface area contributed by atoms with E-state index in [0.29, 0.717) is 43.8 Å². The van der Waals surface area contributed by atoms with E-state index in [0.717, 1.165) is 10.9 Å². The van der Waals surface area contributed by atoms with Crippen molar-refractivity contribution >= 4 is 40.7 Å². The summed E-state index contributed by atoms with van der Waals surface area (Å²) in [5.74, 6) is -2.63. The van der Waals surface area contributed by atoms with Gasteiger partial charge in [0.15, 0.2) is 0 Å². The Kier molecular flexibility index (Phi) is 11.3. The molecule has 0 aliphatic carbocycles. The summed E-state index contributed by atoms with van der Waals surface area (Å²) in [6, 6.07) is 7.37. The maximum absolute atomic E-state index is 13.2. The van der Waals surface area contributed by atoms with Gasteiger partial charge in [-0.3, -0.25) is 29.2 Å². The number of hydrogen-bond donors (Lipinski definition) is 5. The second-order valence-corrected chi connectivity index (χ2v) is 12.1. The molecule has 13 nitrogen and oxygen atoms in total. The third kappa shape index (κ3) is 8.42. The highest BCUT2D eigenvalue weighted by Gasteiger charge is 2.38. The zero-order chi connectivity index (χ0) is 32.7. The number of aromatic nitrogens is 1. The van der Waals surface area contributed by atoms with E-state index in [2.05, 4.69) is 16.1 Å². The number of carboxylic acid groups (broad SMARTS) is 1. The van der Waals surface area contributed by atoms with Gasteiger partial charge in [0, 0.05) is 11.9 Å². The van der Waals surface area contributed by atoms with Crippen LogP contribution < -0.4 is 16.1 Å². The van der Waals surface area contributed by atoms with Gasteiger partial charge < -0.3 is 30.3 Å². The molecule has 13 heteroatoms. The monoisotopic (exact) mass is 625 g/mol. The Bertz CT molecular complexity index is 1420. The molecule has 45 heavy (non-hydrogen) atoms. The maximum atomic E-state index is 13.2. The number of amides is 3. The number of aliphatic hydroxyl groups excluding tert-OH is 1. The molecule has 0 bridgehead atoms. The van der Waals surface area contributed by atoms with Crippen LogP contribution in [0.2, 0.25) is 0 Å². The number of carbonyl (C=O) groups excluding carboxylic acids is 3. The van der Waals surface area contributed by atoms with Gasteiger partial charge in [-0.25, -0.2) is 5.43 Å². The van der Waals surface area contributed by atoms with Crippen molar-refractivity contribution in [2.75, 3.05) is 33.0 Å². The highest BCUT2D eigenvalue weighted by Crippen LogP contribution is 2.26. The number of hydrogen-bond acceptors (Lipinski definition) is 9. The lowest BCUT2D eigenvalue weighted by Crippen LogP contribution is -2.61. The molecule has 1 unspecified atom stereocenters. The van der Waals surface area contributed by atoms with Crippen molar-refractivity contribution < 1.29 is 38.9 Å². The SMILES string of the molecule is CC(C)[C@H](O)C(=O)N[C@@H](C)C(=O)N1CCCC(C(=O)N[C@H](C)c2ccc3ccc(/C=C/C4(C(=O)O)COCCOC4)cc3n2)N1. The minimum atomic E-state index is -1.28. The molecule has 0 spiro atoms. The van der Waals surface area contributed by atoms with E-state index in [9.17, 15) is 29.4 Å². The van der Waals surface area contributed by atoms with E-state index in [-0.39, 0.29) is 25.0 Å². The predicted octanol–water partition coefficient (Wildman–Crippen LogP) is 1.56. The number of pyridine rings is 1. The molecule has 4 atom stereocenters. The van der Waals surface area contributed by atoms with Gasteiger partial charge in [-0.1, -0.05) is 44.2 Å². The number of aliphatic hydroxyl groups is 1. The summed E-state index contributed by atoms with van der Waals surface area (Å²) in [6.45, 7) is 7.88. The van der Waals surface area contributed by atoms with Crippen LogP contribution >= 0.6 is 0 Å². The molecule has 2 aliphatic heterocycles. The van der Waals surface area contributed by atoms with Gasteiger partial charge in [0.05, 0.1) is 43.7 Å². The summed E-state index contributed by atoms with van der Waals surface area (Å²) >= 11 is 0. The van der Waals surface area contributed by atoms with Crippen molar-refractivity contribution in [1.82, 2.24) is 26.1 Å². The quantitative estimate of drug-likeness (QED) is 0.260. The minimum Gasteiger partial charge on any atom is -0.480 e. The normalized spacial score (nSPS) is 20.8. The predicted molar refractivity (Wildman–Crippen MR) is 165 cm³/mol. The summed E-state index contributed by atoms with van der Waals surface area (Å²) in [5, 5.41) is 27.6. The van der Waals surface area contributed by atoms with E-state index in [1.54, 1.807) is 26.0 Å². The number of carboxylic acids is 1. The fourth-order valence-electron chi connectivity index (χ4n) is 5.13. The minimum absolute atomic E-state index is 0.0197. The average molecular weight is 626 g/mol. The Morgan fingerprint density at radius 1 is 1.07 bits per heavy atom. The molecular formula is C32H43N5O8. The van der Waals surface area contributed by atoms with Crippen LogP contribution in [0, 0.1) is 11.3 Å². The number of nitrogens with one attached hydrogen (secondary N) is 3. The first kappa shape index (κ1) is 34.0. The van der Waals surface area contributed by atoms with Crippen molar-refractivity contribution in [2.45, 2.75) is 64.8 Å². The lowest BCUT2D eigenvalue weighted by atomic mass is 9.89. The van der Waals surface area contributed by atoms with Crippen molar-refractivity contribution in [1.29, 1.82) is 0 Å². The van der Waals surface area contributed by atoms with E-state index in [1.165, 1.54) is 11.9 Å². The van der Waals surface area contributed by atoms with Gasteiger partial charge in [-0.05, 0) is 50.3 Å². The molecule has 5 N–H and O–H groups in total. The van der Waals surface area contributed by atoms with Gasteiger partial charge in [0.2, 0.25) is 11.8 Å². The molecule has 0 saturated carbocycles. The van der Waals surface area contributed by atoms with Crippen molar-refractivity contribution in [3.63, 3.8) is 0 Å². The molecule has 2 aromatic rings. The van der Waals surface area contributed by atoms with Crippen LogP contribution in [-0.2, 0) is 28.7 Å². The largest absolute Gasteiger partial charge is 0.480 e. The van der Waals surface area contributed by atoms with Crippen LogP contribution in [0.1, 0.15) is 57.8 Å². The molecule has 1 aromatic carbocycles. The molecule has 1 aromatic heterocycles. The molecule has 0 radical (unpaired) electrons. The van der Waals surface area contributed by atoms with Crippen LogP contribution in [0.15, 0.2) is 36.4 Å². The molecule has 3 heterocycles. The van der Waals surface area contributed by atoms with Gasteiger partial charge in [0.1, 0.15) is 23.6 Å². The number of benzene rings is 1. The zero-order valence-electron chi connectivity index (χ0n) is 26.1. The van der Waals surface area contributed by atoms with Crippen LogP contribution in [0.3, 0.4) is 0 Å². The number of carbonyl (C=O) groups is 4. The maximum Gasteiger partial charge on any atom is 0.318 e. The Morgan fingerprint density at radius 3 is 2.42 bits per heavy atom. The Balaban J connectivity index is 1.39. The lowest BCUT2D eigenvalue weighted by Gasteiger charge is -2.35. The summed E-state index contributed by atoms with van der Waals surface area (Å²) in [6.07, 6.45) is 3.22. The molecule has 244 valence electrons. The number of aliphatic carboxylic acids is 1. The van der Waals surface area contributed by atoms with E-state index < -0.39 is 47.4 Å². The van der Waals surface area contributed by atoms with Crippen LogP contribution in [0.4, 0.5) is 0 Å². The summed E-state index contributed by atoms with van der Waals surface area (Å²) in [4.78, 5) is 55.2. The first-order valence-electron chi connectivity index (χ1n) is 15.3. The number of ether oxygens (including phenoxy) is 2. The van der Waals surface area contributed by atoms with Crippen LogP contribution in [0.5, 0.6) is 0 Å². The highest BCUT2D eigenvalue weighted by molar-refractivity contribution is 5.90. The number of fused-ring (bicyclic) bond motifs is 1. The molecule has 2 fully saturated rings. The third-order valence-corrected chi connectivity index (χ3v) is 8.05. The van der Waals surface area contributed by atoms with Crippen LogP contribution in [-0.4, -0.2) is 95.1 Å². The van der Waals surface area contributed by atoms with Crippen molar-refractivity contribution in [2.24, 2.45) is 11.3 Å². The van der Waals surface area contributed by atoms with Gasteiger partial charge in [-0.2, -0.15) is 0 Å². The van der Waals surface area contributed by atoms with Crippen LogP contribution in [0.25, 0.3) is 17.0 Å². The molecular weight excluding hydrogens is 582 g/mol. The Hall–Kier alpha value is -3.91. The Labute approximate surface area is 262 Å². The van der Waals surface area contributed by atoms with Crippen molar-refractivity contribution in [3.8, 4) is 0 Å². The number of hydrazine groups is 1. The van der Waals surface area contributed by atoms with E-state index in [4.69, 9.17) is 14.5 Å². The summed E-state index contributed by atoms with van der Waals surface area (Å²) < 4.78 is 10.9. The highest BCUT2D eigenvalue weighted by atomic mass is 16.5. The molecule has 4 rings (SSSR count). The molecule has 3 amide bonds. The molecule has 2 saturated heterocycles. The zero-order valence-corrected chi connectivity index (χ0v) is 26.1. The third-order valence-electron chi connectivity index (χ3n) is 8.05. The number of rotatable bonds is 10. The summed E-state index contributed by atoms with van der Waals surface area (Å²) in [5.41, 5.74) is 3.77. The molecule has 2 aliphatic rings. The van der Waals surface area contributed by atoms with E-state index >= 15 is 0 Å². The fraction of sp³-hybridized carbons (Fsp3) is 0.531. The van der Waals surface area contributed by atoms with Gasteiger partial charge in [-0.15, -0.1) is 0 Å². The summed E-state index contributed by atoms with van der Waals surface area (Å²) in [7, 11) is 0. The second-order valence-electron chi connectivity index (χ2n) is 12.1. The fourth-order valence-corrected chi connectivity index (χ4v) is 5.13. The first-order chi connectivity index (χ1) is 21.4. The van der Waals surface area contributed by atoms with Gasteiger partial charge in [0.25, 0.3) is 5.91 Å². The smallest absolute Gasteiger partial charge is 0.318 e. The average Bonchev–Trinajstić information content (AvgIpc) is 3.29. The second kappa shape index (κ2) is 14.9. The Morgan fingerprint density at radius 2 is 1.76 bits per heavy atom. The van der Waals surface area contributed by atoms with E-state index in [1.807, 2.05) is 37.3 Å². The lowest BCUT2D eigenvalue weighted by molar-refractivity contribution is -0.150. The van der Waals surface area contributed by atoms with Gasteiger partial charge >= 0.3 is 5.97 Å². The standard InChI is InChI=1S/C32H43N5O8/c1-19(2)27(38)29(40)34-21(4)30(41)37-13-5-6-25(36-37)28(39)33-20(3)24-10-9-23-8-7-22(16-26(23)35-24)11-12-32(31(42)43)17-44-14-15-45-18-32/h7-12,16,19-21,25,27,36,38H,5-6,13-15,17-18H2,1-4H3,(H,33,39)(H,34,40)(H,42,43)/b12-11+/t20-,21+,25?,27+/m1/s1. The number of nitrogens with zero attached hydrogens (tertiary/aromatic N) is 2. The topological polar surface area (TPSA) is 179 Å².